The summed E-state index contributed by atoms with van der Waals surface area (Å²) in [5.41, 5.74) is 1.56. The molecule has 0 aliphatic carbocycles. The highest BCUT2D eigenvalue weighted by molar-refractivity contribution is 7.17. The van der Waals surface area contributed by atoms with Gasteiger partial charge in [0.15, 0.2) is 0 Å². The molecule has 4 nitrogen and oxygen atoms in total. The first-order valence-electron chi connectivity index (χ1n) is 5.78. The van der Waals surface area contributed by atoms with Crippen molar-refractivity contribution >= 4 is 38.9 Å². The fourth-order valence-electron chi connectivity index (χ4n) is 1.87. The van der Waals surface area contributed by atoms with Gasteiger partial charge in [0.25, 0.3) is 0 Å². The van der Waals surface area contributed by atoms with E-state index in [1.807, 2.05) is 11.4 Å². The van der Waals surface area contributed by atoms with E-state index < -0.39 is 0 Å². The lowest BCUT2D eigenvalue weighted by Gasteiger charge is -2.04. The molecule has 0 aliphatic rings. The van der Waals surface area contributed by atoms with Gasteiger partial charge in [0.2, 0.25) is 11.1 Å². The largest absolute Gasteiger partial charge is 0.497 e. The highest BCUT2D eigenvalue weighted by atomic mass is 35.5. The van der Waals surface area contributed by atoms with Crippen LogP contribution in [0.1, 0.15) is 16.1 Å². The molecule has 20 heavy (non-hydrogen) atoms. The van der Waals surface area contributed by atoms with E-state index in [-0.39, 0.29) is 11.1 Å². The quantitative estimate of drug-likeness (QED) is 0.548. The van der Waals surface area contributed by atoms with Crippen molar-refractivity contribution in [1.82, 2.24) is 9.97 Å². The fraction of sp³-hybridized carbons (Fsp3) is 0.0714. The molecule has 0 bridgehead atoms. The maximum absolute atomic E-state index is 12.5. The summed E-state index contributed by atoms with van der Waals surface area (Å²) in [6, 6.07) is 8.70. The Morgan fingerprint density at radius 1 is 1.20 bits per heavy atom. The first-order valence-corrected chi connectivity index (χ1v) is 7.04. The minimum Gasteiger partial charge on any atom is -0.497 e. The van der Waals surface area contributed by atoms with Crippen LogP contribution in [-0.4, -0.2) is 22.9 Å². The zero-order valence-electron chi connectivity index (χ0n) is 10.5. The van der Waals surface area contributed by atoms with E-state index in [9.17, 15) is 4.79 Å². The molecule has 0 radical (unpaired) electrons. The normalized spacial score (nSPS) is 10.7. The van der Waals surface area contributed by atoms with E-state index in [0.717, 1.165) is 4.70 Å². The number of halogens is 1. The van der Waals surface area contributed by atoms with Crippen LogP contribution in [0, 0.1) is 0 Å². The molecule has 0 saturated heterocycles. The Balaban J connectivity index is 2.09. The highest BCUT2D eigenvalue weighted by Gasteiger charge is 2.17. The highest BCUT2D eigenvalue weighted by Crippen LogP contribution is 2.26. The molecule has 3 rings (SSSR count). The second-order valence-corrected chi connectivity index (χ2v) is 5.29. The lowest BCUT2D eigenvalue weighted by Crippen LogP contribution is -2.05. The Kier molecular flexibility index (Phi) is 3.38. The Morgan fingerprint density at radius 3 is 2.65 bits per heavy atom. The van der Waals surface area contributed by atoms with Gasteiger partial charge in [0.05, 0.1) is 17.3 Å². The van der Waals surface area contributed by atoms with E-state index in [1.54, 1.807) is 31.4 Å². The van der Waals surface area contributed by atoms with Gasteiger partial charge in [-0.2, -0.15) is 0 Å². The summed E-state index contributed by atoms with van der Waals surface area (Å²) in [5.74, 6) is 0.521. The van der Waals surface area contributed by atoms with Crippen molar-refractivity contribution in [2.24, 2.45) is 0 Å². The van der Waals surface area contributed by atoms with Gasteiger partial charge in [0.1, 0.15) is 11.4 Å². The zero-order chi connectivity index (χ0) is 14.1. The van der Waals surface area contributed by atoms with E-state index in [0.29, 0.717) is 22.5 Å². The summed E-state index contributed by atoms with van der Waals surface area (Å²) in [7, 11) is 1.58. The number of nitrogens with zero attached hydrogens (tertiary/aromatic N) is 2. The van der Waals surface area contributed by atoms with Crippen molar-refractivity contribution in [1.29, 1.82) is 0 Å². The zero-order valence-corrected chi connectivity index (χ0v) is 12.0. The molecule has 100 valence electrons. The molecule has 0 atom stereocenters. The van der Waals surface area contributed by atoms with Crippen LogP contribution in [0.25, 0.3) is 10.2 Å². The predicted molar refractivity (Wildman–Crippen MR) is 78.9 cm³/mol. The number of hydrogen-bond acceptors (Lipinski definition) is 5. The number of fused-ring (bicyclic) bond motifs is 1. The van der Waals surface area contributed by atoms with Crippen LogP contribution >= 0.6 is 22.9 Å². The minimum absolute atomic E-state index is 0.0766. The van der Waals surface area contributed by atoms with Crippen LogP contribution in [0.2, 0.25) is 5.28 Å². The van der Waals surface area contributed by atoms with Crippen molar-refractivity contribution in [3.05, 3.63) is 52.3 Å². The monoisotopic (exact) mass is 304 g/mol. The van der Waals surface area contributed by atoms with Crippen LogP contribution in [0.3, 0.4) is 0 Å². The lowest BCUT2D eigenvalue weighted by molar-refractivity contribution is 0.103. The van der Waals surface area contributed by atoms with Gasteiger partial charge in [-0.3, -0.25) is 4.79 Å². The molecular formula is C14H9ClN2O2S. The maximum Gasteiger partial charge on any atom is 0.223 e. The maximum atomic E-state index is 12.5. The molecule has 0 aliphatic heterocycles. The Bertz CT molecular complexity index is 783. The Labute approximate surface area is 124 Å². The third-order valence-electron chi connectivity index (χ3n) is 2.84. The summed E-state index contributed by atoms with van der Waals surface area (Å²) in [5, 5.41) is 1.94. The summed E-state index contributed by atoms with van der Waals surface area (Å²) in [6.45, 7) is 0. The molecule has 0 spiro atoms. The number of methoxy groups -OCH3 is 1. The summed E-state index contributed by atoms with van der Waals surface area (Å²) in [4.78, 5) is 20.7. The van der Waals surface area contributed by atoms with E-state index >= 15 is 0 Å². The standard InChI is InChI=1S/C14H9ClN2O2S/c1-19-9-4-2-8(3-5-9)12(18)11-13-10(6-7-20-13)16-14(15)17-11/h2-7H,1H3. The topological polar surface area (TPSA) is 52.1 Å². The van der Waals surface area contributed by atoms with Crippen molar-refractivity contribution < 1.29 is 9.53 Å². The van der Waals surface area contributed by atoms with Crippen LogP contribution in [-0.2, 0) is 0 Å². The predicted octanol–water partition coefficient (Wildman–Crippen LogP) is 3.58. The minimum atomic E-state index is -0.176. The lowest BCUT2D eigenvalue weighted by atomic mass is 10.1. The van der Waals surface area contributed by atoms with Crippen LogP contribution < -0.4 is 4.74 Å². The van der Waals surface area contributed by atoms with Gasteiger partial charge in [0, 0.05) is 5.56 Å². The third kappa shape index (κ3) is 2.26. The Morgan fingerprint density at radius 2 is 1.95 bits per heavy atom. The SMILES string of the molecule is COc1ccc(C(=O)c2nc(Cl)nc3ccsc23)cc1. The van der Waals surface area contributed by atoms with Gasteiger partial charge in [-0.1, -0.05) is 0 Å². The molecule has 0 unspecified atom stereocenters. The number of hydrogen-bond donors (Lipinski definition) is 0. The van der Waals surface area contributed by atoms with Gasteiger partial charge in [-0.15, -0.1) is 11.3 Å². The molecule has 2 aromatic heterocycles. The van der Waals surface area contributed by atoms with E-state index in [1.165, 1.54) is 11.3 Å². The van der Waals surface area contributed by atoms with E-state index in [4.69, 9.17) is 16.3 Å². The number of benzene rings is 1. The van der Waals surface area contributed by atoms with Crippen LogP contribution in [0.15, 0.2) is 35.7 Å². The van der Waals surface area contributed by atoms with Crippen molar-refractivity contribution in [3.63, 3.8) is 0 Å². The molecule has 2 heterocycles. The third-order valence-corrected chi connectivity index (χ3v) is 3.92. The first-order chi connectivity index (χ1) is 9.69. The summed E-state index contributed by atoms with van der Waals surface area (Å²) < 4.78 is 5.82. The molecule has 0 N–H and O–H groups in total. The smallest absolute Gasteiger partial charge is 0.223 e. The van der Waals surface area contributed by atoms with Gasteiger partial charge >= 0.3 is 0 Å². The molecular weight excluding hydrogens is 296 g/mol. The number of carbonyl (C=O) groups is 1. The first kappa shape index (κ1) is 13.0. The van der Waals surface area contributed by atoms with E-state index in [2.05, 4.69) is 9.97 Å². The summed E-state index contributed by atoms with van der Waals surface area (Å²) >= 11 is 7.29. The van der Waals surface area contributed by atoms with Crippen LogP contribution in [0.4, 0.5) is 0 Å². The van der Waals surface area contributed by atoms with Gasteiger partial charge in [-0.25, -0.2) is 9.97 Å². The van der Waals surface area contributed by atoms with Crippen LogP contribution in [0.5, 0.6) is 5.75 Å². The van der Waals surface area contributed by atoms with Crippen molar-refractivity contribution in [2.45, 2.75) is 0 Å². The Hall–Kier alpha value is -1.98. The number of ketones is 1. The van der Waals surface area contributed by atoms with Crippen molar-refractivity contribution in [2.75, 3.05) is 7.11 Å². The van der Waals surface area contributed by atoms with Gasteiger partial charge in [-0.05, 0) is 47.3 Å². The average Bonchev–Trinajstić information content (AvgIpc) is 2.94. The molecule has 0 amide bonds. The fourth-order valence-corrected chi connectivity index (χ4v) is 2.86. The number of ether oxygens (including phenoxy) is 1. The van der Waals surface area contributed by atoms with Gasteiger partial charge < -0.3 is 4.74 Å². The second-order valence-electron chi connectivity index (χ2n) is 4.03. The number of thiophene rings is 1. The molecule has 1 aromatic carbocycles. The second kappa shape index (κ2) is 5.19. The number of carbonyl (C=O) groups excluding carboxylic acids is 1. The van der Waals surface area contributed by atoms with Crippen molar-refractivity contribution in [3.8, 4) is 5.75 Å². The average molecular weight is 305 g/mol. The molecule has 6 heteroatoms. The molecule has 0 fully saturated rings. The number of rotatable bonds is 3. The molecule has 3 aromatic rings. The molecule has 0 saturated carbocycles. The summed E-state index contributed by atoms with van der Waals surface area (Å²) in [6.07, 6.45) is 0. The number of aromatic nitrogens is 2.